The quantitative estimate of drug-likeness (QED) is 0.596. The molecule has 2 aliphatic heterocycles. The summed E-state index contributed by atoms with van der Waals surface area (Å²) in [5.41, 5.74) is -0.161. The van der Waals surface area contributed by atoms with E-state index in [1.807, 2.05) is 4.90 Å². The number of ether oxygens (including phenoxy) is 1. The molecule has 5 heteroatoms. The summed E-state index contributed by atoms with van der Waals surface area (Å²) < 4.78 is 5.42. The first-order valence-electron chi connectivity index (χ1n) is 5.26. The third-order valence-corrected chi connectivity index (χ3v) is 3.13. The fraction of sp³-hybridized carbons (Fsp3) is 0.800. The fourth-order valence-corrected chi connectivity index (χ4v) is 2.19. The van der Waals surface area contributed by atoms with E-state index < -0.39 is 0 Å². The van der Waals surface area contributed by atoms with Crippen molar-refractivity contribution < 1.29 is 14.3 Å². The zero-order chi connectivity index (χ0) is 10.9. The maximum atomic E-state index is 11.3. The number of carbonyl (C=O) groups excluding carboxylic acids is 2. The van der Waals surface area contributed by atoms with Crippen LogP contribution in [0.2, 0.25) is 0 Å². The van der Waals surface area contributed by atoms with Crippen molar-refractivity contribution in [1.29, 1.82) is 0 Å². The molecule has 2 heterocycles. The van der Waals surface area contributed by atoms with Crippen molar-refractivity contribution >= 4 is 11.8 Å². The van der Waals surface area contributed by atoms with Crippen LogP contribution < -0.4 is 5.32 Å². The second-order valence-electron chi connectivity index (χ2n) is 4.48. The smallest absolute Gasteiger partial charge is 0.240 e. The Balaban J connectivity index is 2.07. The zero-order valence-electron chi connectivity index (χ0n) is 8.91. The first kappa shape index (κ1) is 10.6. The van der Waals surface area contributed by atoms with Crippen molar-refractivity contribution in [2.45, 2.75) is 25.3 Å². The second kappa shape index (κ2) is 3.90. The number of nitrogens with zero attached hydrogens (tertiary/aromatic N) is 1. The Morgan fingerprint density at radius 3 is 2.53 bits per heavy atom. The number of rotatable bonds is 1. The molecular formula is C10H16N2O3. The highest BCUT2D eigenvalue weighted by Crippen LogP contribution is 2.26. The topological polar surface area (TPSA) is 58.6 Å². The van der Waals surface area contributed by atoms with Crippen molar-refractivity contribution in [2.24, 2.45) is 0 Å². The lowest BCUT2D eigenvalue weighted by Gasteiger charge is -2.44. The van der Waals surface area contributed by atoms with Gasteiger partial charge in [0, 0.05) is 12.1 Å². The highest BCUT2D eigenvalue weighted by Gasteiger charge is 2.38. The summed E-state index contributed by atoms with van der Waals surface area (Å²) in [6.07, 6.45) is 1.97. The molecule has 1 N–H and O–H groups in total. The summed E-state index contributed by atoms with van der Waals surface area (Å²) in [5.74, 6) is -0.420. The Kier molecular flexibility index (Phi) is 2.75. The van der Waals surface area contributed by atoms with Gasteiger partial charge in [-0.1, -0.05) is 0 Å². The zero-order valence-corrected chi connectivity index (χ0v) is 8.91. The van der Waals surface area contributed by atoms with Crippen LogP contribution in [-0.2, 0) is 14.3 Å². The molecule has 15 heavy (non-hydrogen) atoms. The van der Waals surface area contributed by atoms with Gasteiger partial charge in [-0.15, -0.1) is 0 Å². The molecule has 0 aromatic rings. The molecule has 2 aliphatic rings. The molecule has 2 amide bonds. The number of hydrogen-bond donors (Lipinski definition) is 1. The molecule has 0 bridgehead atoms. The molecule has 0 radical (unpaired) electrons. The lowest BCUT2D eigenvalue weighted by atomic mass is 9.92. The highest BCUT2D eigenvalue weighted by atomic mass is 16.5. The molecule has 84 valence electrons. The van der Waals surface area contributed by atoms with Gasteiger partial charge in [-0.25, -0.2) is 0 Å². The number of piperazine rings is 1. The van der Waals surface area contributed by atoms with Crippen LogP contribution in [0.25, 0.3) is 0 Å². The lowest BCUT2D eigenvalue weighted by molar-refractivity contribution is -0.142. The first-order valence-corrected chi connectivity index (χ1v) is 5.26. The molecule has 0 aromatic heterocycles. The monoisotopic (exact) mass is 212 g/mol. The van der Waals surface area contributed by atoms with Gasteiger partial charge in [0.15, 0.2) is 0 Å². The van der Waals surface area contributed by atoms with Gasteiger partial charge in [-0.3, -0.25) is 19.8 Å². The highest BCUT2D eigenvalue weighted by molar-refractivity contribution is 5.99. The van der Waals surface area contributed by atoms with E-state index in [9.17, 15) is 9.59 Å². The molecule has 0 aromatic carbocycles. The van der Waals surface area contributed by atoms with Crippen LogP contribution in [0.1, 0.15) is 19.8 Å². The van der Waals surface area contributed by atoms with Crippen molar-refractivity contribution in [2.75, 3.05) is 26.3 Å². The molecule has 2 rings (SSSR count). The molecular weight excluding hydrogens is 196 g/mol. The van der Waals surface area contributed by atoms with Crippen molar-refractivity contribution in [3.8, 4) is 0 Å². The van der Waals surface area contributed by atoms with Gasteiger partial charge < -0.3 is 4.74 Å². The number of hydrogen-bond acceptors (Lipinski definition) is 4. The summed E-state index contributed by atoms with van der Waals surface area (Å²) in [6.45, 7) is 4.03. The summed E-state index contributed by atoms with van der Waals surface area (Å²) >= 11 is 0. The van der Waals surface area contributed by atoms with Crippen molar-refractivity contribution in [3.63, 3.8) is 0 Å². The Labute approximate surface area is 88.8 Å². The van der Waals surface area contributed by atoms with Gasteiger partial charge in [0.2, 0.25) is 11.8 Å². The standard InChI is InChI=1S/C10H16N2O3/c1-10(3-2-4-15-7-10)12-5-8(13)11-9(14)6-12/h2-7H2,1H3,(H,11,13,14). The number of imide groups is 1. The summed E-state index contributed by atoms with van der Waals surface area (Å²) in [7, 11) is 0. The molecule has 0 saturated carbocycles. The van der Waals surface area contributed by atoms with Crippen LogP contribution in [0.15, 0.2) is 0 Å². The molecule has 0 aliphatic carbocycles. The van der Waals surface area contributed by atoms with Gasteiger partial charge in [-0.05, 0) is 19.8 Å². The minimum Gasteiger partial charge on any atom is -0.380 e. The maximum Gasteiger partial charge on any atom is 0.240 e. The van der Waals surface area contributed by atoms with Crippen LogP contribution in [0.3, 0.4) is 0 Å². The molecule has 2 saturated heterocycles. The van der Waals surface area contributed by atoms with Crippen LogP contribution in [0.5, 0.6) is 0 Å². The SMILES string of the molecule is CC1(N2CC(=O)NC(=O)C2)CCCOC1. The molecule has 5 nitrogen and oxygen atoms in total. The van der Waals surface area contributed by atoms with E-state index in [2.05, 4.69) is 12.2 Å². The van der Waals surface area contributed by atoms with Gasteiger partial charge in [-0.2, -0.15) is 0 Å². The minimum atomic E-state index is -0.210. The molecule has 2 fully saturated rings. The predicted molar refractivity (Wildman–Crippen MR) is 53.2 cm³/mol. The Bertz CT molecular complexity index is 268. The third-order valence-electron chi connectivity index (χ3n) is 3.13. The van der Waals surface area contributed by atoms with E-state index in [-0.39, 0.29) is 17.4 Å². The number of carbonyl (C=O) groups is 2. The summed E-state index contributed by atoms with van der Waals surface area (Å²) in [6, 6.07) is 0. The first-order chi connectivity index (χ1) is 7.10. The van der Waals surface area contributed by atoms with E-state index in [0.717, 1.165) is 19.4 Å². The Hall–Kier alpha value is -0.940. The van der Waals surface area contributed by atoms with E-state index in [0.29, 0.717) is 19.7 Å². The summed E-state index contributed by atoms with van der Waals surface area (Å²) in [5, 5.41) is 2.31. The van der Waals surface area contributed by atoms with Crippen LogP contribution in [0.4, 0.5) is 0 Å². The summed E-state index contributed by atoms with van der Waals surface area (Å²) in [4.78, 5) is 24.4. The normalized spacial score (nSPS) is 33.9. The second-order valence-corrected chi connectivity index (χ2v) is 4.48. The molecule has 1 atom stereocenters. The number of amides is 2. The van der Waals surface area contributed by atoms with Crippen LogP contribution >= 0.6 is 0 Å². The van der Waals surface area contributed by atoms with E-state index in [1.165, 1.54) is 0 Å². The van der Waals surface area contributed by atoms with Gasteiger partial charge in [0.05, 0.1) is 19.7 Å². The largest absolute Gasteiger partial charge is 0.380 e. The van der Waals surface area contributed by atoms with Crippen LogP contribution in [0, 0.1) is 0 Å². The Morgan fingerprint density at radius 1 is 1.33 bits per heavy atom. The average Bonchev–Trinajstić information content (AvgIpc) is 2.17. The minimum absolute atomic E-state index is 0.161. The Morgan fingerprint density at radius 2 is 2.00 bits per heavy atom. The van der Waals surface area contributed by atoms with E-state index >= 15 is 0 Å². The average molecular weight is 212 g/mol. The maximum absolute atomic E-state index is 11.3. The molecule has 1 unspecified atom stereocenters. The third kappa shape index (κ3) is 2.18. The van der Waals surface area contributed by atoms with E-state index in [1.54, 1.807) is 0 Å². The van der Waals surface area contributed by atoms with Gasteiger partial charge in [0.1, 0.15) is 0 Å². The fourth-order valence-electron chi connectivity index (χ4n) is 2.19. The van der Waals surface area contributed by atoms with E-state index in [4.69, 9.17) is 4.74 Å². The van der Waals surface area contributed by atoms with Gasteiger partial charge >= 0.3 is 0 Å². The molecule has 0 spiro atoms. The van der Waals surface area contributed by atoms with Gasteiger partial charge in [0.25, 0.3) is 0 Å². The van der Waals surface area contributed by atoms with Crippen molar-refractivity contribution in [1.82, 2.24) is 10.2 Å². The predicted octanol–water partition coefficient (Wildman–Crippen LogP) is -0.486. The van der Waals surface area contributed by atoms with Crippen LogP contribution in [-0.4, -0.2) is 48.6 Å². The number of nitrogens with one attached hydrogen (secondary N) is 1. The van der Waals surface area contributed by atoms with Crippen molar-refractivity contribution in [3.05, 3.63) is 0 Å². The lowest BCUT2D eigenvalue weighted by Crippen LogP contribution is -2.61.